The summed E-state index contributed by atoms with van der Waals surface area (Å²) in [4.78, 5) is 17.8. The molecule has 0 aliphatic carbocycles. The van der Waals surface area contributed by atoms with E-state index in [9.17, 15) is 4.79 Å². The average Bonchev–Trinajstić information content (AvgIpc) is 3.18. The number of hydrogen-bond donors (Lipinski definition) is 2. The maximum absolute atomic E-state index is 12.2. The van der Waals surface area contributed by atoms with Gasteiger partial charge in [-0.25, -0.2) is 4.98 Å². The highest BCUT2D eigenvalue weighted by Gasteiger charge is 2.11. The van der Waals surface area contributed by atoms with Gasteiger partial charge in [-0.2, -0.15) is 0 Å². The second-order valence-electron chi connectivity index (χ2n) is 7.25. The average molecular weight is 482 g/mol. The van der Waals surface area contributed by atoms with E-state index in [2.05, 4.69) is 41.6 Å². The molecule has 1 heterocycles. The van der Waals surface area contributed by atoms with E-state index in [4.69, 9.17) is 28.2 Å². The van der Waals surface area contributed by atoms with Crippen molar-refractivity contribution >= 4 is 63.4 Å². The fraction of sp³-hybridized carbons (Fsp3) is 0.125. The lowest BCUT2D eigenvalue weighted by Gasteiger charge is -2.09. The summed E-state index contributed by atoms with van der Waals surface area (Å²) < 4.78 is 5.90. The monoisotopic (exact) mass is 481 g/mol. The number of anilines is 1. The molecule has 32 heavy (non-hydrogen) atoms. The van der Waals surface area contributed by atoms with Crippen LogP contribution in [0.4, 0.5) is 5.69 Å². The van der Waals surface area contributed by atoms with E-state index in [0.717, 1.165) is 10.5 Å². The number of nitrogens with zero attached hydrogens (tertiary/aromatic N) is 1. The zero-order chi connectivity index (χ0) is 22.7. The van der Waals surface area contributed by atoms with Gasteiger partial charge in [-0.15, -0.1) is 11.8 Å². The molecule has 0 spiro atoms. The second kappa shape index (κ2) is 9.73. The predicted molar refractivity (Wildman–Crippen MR) is 135 cm³/mol. The van der Waals surface area contributed by atoms with Gasteiger partial charge in [-0.1, -0.05) is 17.7 Å². The Hall–Kier alpha value is -2.87. The molecule has 0 saturated carbocycles. The number of halogens is 1. The molecule has 4 rings (SSSR count). The Morgan fingerprint density at radius 2 is 1.84 bits per heavy atom. The summed E-state index contributed by atoms with van der Waals surface area (Å²) in [5, 5.41) is 6.61. The highest BCUT2D eigenvalue weighted by Crippen LogP contribution is 2.27. The van der Waals surface area contributed by atoms with Gasteiger partial charge in [0.05, 0.1) is 5.75 Å². The van der Waals surface area contributed by atoms with Crippen LogP contribution in [0.25, 0.3) is 22.6 Å². The van der Waals surface area contributed by atoms with Crippen molar-refractivity contribution in [2.24, 2.45) is 0 Å². The molecule has 0 bridgehead atoms. The Morgan fingerprint density at radius 3 is 2.59 bits per heavy atom. The normalized spacial score (nSPS) is 10.8. The molecular formula is C24H20ClN3O2S2. The number of oxazole rings is 1. The molecular weight excluding hydrogens is 462 g/mol. The summed E-state index contributed by atoms with van der Waals surface area (Å²) in [5.74, 6) is 0.614. The van der Waals surface area contributed by atoms with Crippen molar-refractivity contribution < 1.29 is 9.21 Å². The number of thioether (sulfide) groups is 1. The van der Waals surface area contributed by atoms with E-state index in [-0.39, 0.29) is 16.8 Å². The summed E-state index contributed by atoms with van der Waals surface area (Å²) in [6, 6.07) is 18.9. The number of thiocarbonyl (C=S) groups is 1. The van der Waals surface area contributed by atoms with Crippen molar-refractivity contribution in [2.75, 3.05) is 11.1 Å². The molecule has 162 valence electrons. The van der Waals surface area contributed by atoms with Crippen molar-refractivity contribution in [1.82, 2.24) is 10.3 Å². The van der Waals surface area contributed by atoms with Gasteiger partial charge in [0.1, 0.15) is 5.52 Å². The molecule has 8 heteroatoms. The lowest BCUT2D eigenvalue weighted by molar-refractivity contribution is -0.117. The molecule has 0 saturated heterocycles. The van der Waals surface area contributed by atoms with E-state index in [1.165, 1.54) is 22.9 Å². The summed E-state index contributed by atoms with van der Waals surface area (Å²) >= 11 is 12.6. The summed E-state index contributed by atoms with van der Waals surface area (Å²) in [7, 11) is 0. The van der Waals surface area contributed by atoms with E-state index in [1.54, 1.807) is 12.1 Å². The molecule has 0 unspecified atom stereocenters. The number of benzene rings is 3. The Bertz CT molecular complexity index is 1300. The predicted octanol–water partition coefficient (Wildman–Crippen LogP) is 6.37. The van der Waals surface area contributed by atoms with E-state index < -0.39 is 0 Å². The first-order valence-corrected chi connectivity index (χ1v) is 11.6. The van der Waals surface area contributed by atoms with Crippen LogP contribution in [-0.4, -0.2) is 21.8 Å². The SMILES string of the molecule is Cc1ccc(-c2nc3cc(NC(=S)NC(=O)CSc4ccc(Cl)cc4)ccc3o2)cc1C. The third-order valence-corrected chi connectivity index (χ3v) is 6.30. The number of carbonyl (C=O) groups excluding carboxylic acids is 1. The highest BCUT2D eigenvalue weighted by molar-refractivity contribution is 8.00. The zero-order valence-electron chi connectivity index (χ0n) is 17.4. The number of rotatable bonds is 5. The van der Waals surface area contributed by atoms with Gasteiger partial charge in [-0.3, -0.25) is 4.79 Å². The minimum absolute atomic E-state index is 0.193. The van der Waals surface area contributed by atoms with E-state index in [0.29, 0.717) is 27.7 Å². The lowest BCUT2D eigenvalue weighted by atomic mass is 10.1. The zero-order valence-corrected chi connectivity index (χ0v) is 19.8. The van der Waals surface area contributed by atoms with Gasteiger partial charge < -0.3 is 15.1 Å². The topological polar surface area (TPSA) is 67.2 Å². The highest BCUT2D eigenvalue weighted by atomic mass is 35.5. The van der Waals surface area contributed by atoms with E-state index in [1.807, 2.05) is 36.4 Å². The standard InChI is InChI=1S/C24H20ClN3O2S2/c1-14-3-4-16(11-15(14)2)23-27-20-12-18(7-10-21(20)30-23)26-24(31)28-22(29)13-32-19-8-5-17(25)6-9-19/h3-12H,13H2,1-2H3,(H2,26,28,29,31). The number of aromatic nitrogens is 1. The Labute approximate surface area is 200 Å². The second-order valence-corrected chi connectivity index (χ2v) is 9.14. The molecule has 0 fully saturated rings. The van der Waals surface area contributed by atoms with Gasteiger partial charge in [0.2, 0.25) is 11.8 Å². The maximum atomic E-state index is 12.2. The number of amides is 1. The Morgan fingerprint density at radius 1 is 1.06 bits per heavy atom. The molecule has 4 aromatic rings. The fourth-order valence-corrected chi connectivity index (χ4v) is 4.06. The molecule has 2 N–H and O–H groups in total. The summed E-state index contributed by atoms with van der Waals surface area (Å²) in [6.45, 7) is 4.13. The quantitative estimate of drug-likeness (QED) is 0.255. The Balaban J connectivity index is 1.37. The number of carbonyl (C=O) groups is 1. The molecule has 5 nitrogen and oxygen atoms in total. The molecule has 0 aliphatic heterocycles. The van der Waals surface area contributed by atoms with Crippen LogP contribution in [0.1, 0.15) is 11.1 Å². The molecule has 0 aliphatic rings. The van der Waals surface area contributed by atoms with Gasteiger partial charge in [0.15, 0.2) is 10.7 Å². The van der Waals surface area contributed by atoms with Crippen LogP contribution in [0.2, 0.25) is 5.02 Å². The number of aryl methyl sites for hydroxylation is 2. The van der Waals surface area contributed by atoms with Crippen LogP contribution in [0.15, 0.2) is 70.0 Å². The van der Waals surface area contributed by atoms with Crippen molar-refractivity contribution in [2.45, 2.75) is 18.7 Å². The third-order valence-electron chi connectivity index (χ3n) is 4.84. The first-order chi connectivity index (χ1) is 15.4. The Kier molecular flexibility index (Phi) is 6.79. The van der Waals surface area contributed by atoms with E-state index >= 15 is 0 Å². The maximum Gasteiger partial charge on any atom is 0.236 e. The molecule has 0 atom stereocenters. The minimum atomic E-state index is -0.193. The van der Waals surface area contributed by atoms with Gasteiger partial charge >= 0.3 is 0 Å². The van der Waals surface area contributed by atoms with Crippen molar-refractivity contribution in [3.8, 4) is 11.5 Å². The molecule has 0 radical (unpaired) electrons. The van der Waals surface area contributed by atoms with Crippen molar-refractivity contribution in [1.29, 1.82) is 0 Å². The van der Waals surface area contributed by atoms with Crippen LogP contribution in [0.3, 0.4) is 0 Å². The number of nitrogens with one attached hydrogen (secondary N) is 2. The summed E-state index contributed by atoms with van der Waals surface area (Å²) in [6.07, 6.45) is 0. The van der Waals surface area contributed by atoms with Crippen LogP contribution in [0, 0.1) is 13.8 Å². The molecule has 3 aromatic carbocycles. The smallest absolute Gasteiger partial charge is 0.236 e. The van der Waals surface area contributed by atoms with Crippen LogP contribution >= 0.6 is 35.6 Å². The minimum Gasteiger partial charge on any atom is -0.436 e. The van der Waals surface area contributed by atoms with Crippen LogP contribution in [-0.2, 0) is 4.79 Å². The lowest BCUT2D eigenvalue weighted by Crippen LogP contribution is -2.35. The van der Waals surface area contributed by atoms with Crippen molar-refractivity contribution in [3.05, 3.63) is 76.8 Å². The number of hydrogen-bond acceptors (Lipinski definition) is 5. The molecule has 1 amide bonds. The largest absolute Gasteiger partial charge is 0.436 e. The van der Waals surface area contributed by atoms with Crippen LogP contribution in [0.5, 0.6) is 0 Å². The van der Waals surface area contributed by atoms with Crippen molar-refractivity contribution in [3.63, 3.8) is 0 Å². The number of fused-ring (bicyclic) bond motifs is 1. The first-order valence-electron chi connectivity index (χ1n) is 9.85. The molecule has 1 aromatic heterocycles. The van der Waals surface area contributed by atoms with Gasteiger partial charge in [0, 0.05) is 21.2 Å². The summed E-state index contributed by atoms with van der Waals surface area (Å²) in [5.41, 5.74) is 5.43. The first kappa shape index (κ1) is 22.3. The van der Waals surface area contributed by atoms with Gasteiger partial charge in [0.25, 0.3) is 0 Å². The fourth-order valence-electron chi connectivity index (χ4n) is 3.01. The third kappa shape index (κ3) is 5.48. The van der Waals surface area contributed by atoms with Gasteiger partial charge in [-0.05, 0) is 91.8 Å². The van der Waals surface area contributed by atoms with Crippen LogP contribution < -0.4 is 10.6 Å².